The molecule has 0 aromatic carbocycles. The number of hydrogen-bond acceptors (Lipinski definition) is 4. The van der Waals surface area contributed by atoms with Gasteiger partial charge in [0.1, 0.15) is 6.79 Å². The lowest BCUT2D eigenvalue weighted by molar-refractivity contribution is -0.138. The van der Waals surface area contributed by atoms with Crippen molar-refractivity contribution >= 4 is 0 Å². The van der Waals surface area contributed by atoms with E-state index in [1.165, 1.54) is 0 Å². The molecule has 1 aliphatic rings. The maximum Gasteiger partial charge on any atom is 0.147 e. The summed E-state index contributed by atoms with van der Waals surface area (Å²) in [7, 11) is 0. The van der Waals surface area contributed by atoms with Crippen molar-refractivity contribution in [2.24, 2.45) is 0 Å². The van der Waals surface area contributed by atoms with Crippen molar-refractivity contribution in [3.8, 4) is 0 Å². The van der Waals surface area contributed by atoms with Crippen molar-refractivity contribution in [1.82, 2.24) is 5.32 Å². The van der Waals surface area contributed by atoms with Crippen molar-refractivity contribution in [2.75, 3.05) is 26.6 Å². The summed E-state index contributed by atoms with van der Waals surface area (Å²) in [5.41, 5.74) is -0.221. The molecule has 0 aromatic heterocycles. The average molecular weight is 189 g/mol. The smallest absolute Gasteiger partial charge is 0.147 e. The highest BCUT2D eigenvalue weighted by Crippen LogP contribution is 2.07. The number of ether oxygens (including phenoxy) is 2. The molecule has 4 nitrogen and oxygen atoms in total. The Morgan fingerprint density at radius 2 is 2.31 bits per heavy atom. The molecule has 0 spiro atoms. The van der Waals surface area contributed by atoms with Gasteiger partial charge in [-0.25, -0.2) is 0 Å². The predicted octanol–water partition coefficient (Wildman–Crippen LogP) is 0.110. The van der Waals surface area contributed by atoms with Gasteiger partial charge in [-0.1, -0.05) is 0 Å². The SMILES string of the molecule is CC(C)(CO)NCC1CCOCO1. The highest BCUT2D eigenvalue weighted by molar-refractivity contribution is 4.78. The third-order valence-electron chi connectivity index (χ3n) is 2.17. The molecule has 13 heavy (non-hydrogen) atoms. The van der Waals surface area contributed by atoms with Gasteiger partial charge in [-0.3, -0.25) is 0 Å². The van der Waals surface area contributed by atoms with Crippen LogP contribution in [0.1, 0.15) is 20.3 Å². The quantitative estimate of drug-likeness (QED) is 0.659. The molecule has 1 atom stereocenters. The molecular formula is C9H19NO3. The van der Waals surface area contributed by atoms with Crippen LogP contribution in [0.4, 0.5) is 0 Å². The molecular weight excluding hydrogens is 170 g/mol. The second-order valence-electron chi connectivity index (χ2n) is 4.03. The zero-order valence-electron chi connectivity index (χ0n) is 8.38. The minimum atomic E-state index is -0.221. The van der Waals surface area contributed by atoms with Gasteiger partial charge in [-0.15, -0.1) is 0 Å². The standard InChI is InChI=1S/C9H19NO3/c1-9(2,6-11)10-5-8-3-4-12-7-13-8/h8,10-11H,3-7H2,1-2H3. The van der Waals surface area contributed by atoms with Crippen LogP contribution in [0.2, 0.25) is 0 Å². The van der Waals surface area contributed by atoms with Crippen LogP contribution < -0.4 is 5.32 Å². The molecule has 1 rings (SSSR count). The lowest BCUT2D eigenvalue weighted by Crippen LogP contribution is -2.47. The van der Waals surface area contributed by atoms with Crippen LogP contribution in [0.15, 0.2) is 0 Å². The molecule has 1 unspecified atom stereocenters. The van der Waals surface area contributed by atoms with E-state index in [1.807, 2.05) is 13.8 Å². The summed E-state index contributed by atoms with van der Waals surface area (Å²) in [6.45, 7) is 6.00. The minimum Gasteiger partial charge on any atom is -0.394 e. The van der Waals surface area contributed by atoms with Gasteiger partial charge in [0.15, 0.2) is 0 Å². The Kier molecular flexibility index (Phi) is 4.12. The summed E-state index contributed by atoms with van der Waals surface area (Å²) < 4.78 is 10.4. The van der Waals surface area contributed by atoms with E-state index in [1.54, 1.807) is 0 Å². The Labute approximate surface area is 79.2 Å². The Morgan fingerprint density at radius 1 is 1.54 bits per heavy atom. The number of nitrogens with one attached hydrogen (secondary N) is 1. The van der Waals surface area contributed by atoms with E-state index in [0.717, 1.165) is 19.6 Å². The summed E-state index contributed by atoms with van der Waals surface area (Å²) >= 11 is 0. The first-order chi connectivity index (χ1) is 6.14. The molecule has 4 heteroatoms. The fourth-order valence-electron chi connectivity index (χ4n) is 1.11. The van der Waals surface area contributed by atoms with Gasteiger partial charge in [0, 0.05) is 12.1 Å². The van der Waals surface area contributed by atoms with E-state index in [2.05, 4.69) is 5.32 Å². The molecule has 1 saturated heterocycles. The maximum atomic E-state index is 9.00. The second kappa shape index (κ2) is 4.91. The molecule has 0 saturated carbocycles. The lowest BCUT2D eigenvalue weighted by Gasteiger charge is -2.29. The molecule has 1 heterocycles. The number of rotatable bonds is 4. The van der Waals surface area contributed by atoms with Gasteiger partial charge in [-0.05, 0) is 20.3 Å². The van der Waals surface area contributed by atoms with Gasteiger partial charge in [0.25, 0.3) is 0 Å². The zero-order valence-corrected chi connectivity index (χ0v) is 8.38. The zero-order chi connectivity index (χ0) is 9.73. The van der Waals surface area contributed by atoms with E-state index in [0.29, 0.717) is 6.79 Å². The first-order valence-electron chi connectivity index (χ1n) is 4.69. The highest BCUT2D eigenvalue weighted by atomic mass is 16.7. The molecule has 78 valence electrons. The molecule has 0 bridgehead atoms. The Morgan fingerprint density at radius 3 is 2.85 bits per heavy atom. The van der Waals surface area contributed by atoms with E-state index < -0.39 is 0 Å². The molecule has 1 fully saturated rings. The van der Waals surface area contributed by atoms with Crippen LogP contribution in [0.3, 0.4) is 0 Å². The third-order valence-corrected chi connectivity index (χ3v) is 2.17. The van der Waals surface area contributed by atoms with Gasteiger partial charge in [0.05, 0.1) is 19.3 Å². The molecule has 0 amide bonds. The van der Waals surface area contributed by atoms with Gasteiger partial charge >= 0.3 is 0 Å². The summed E-state index contributed by atoms with van der Waals surface area (Å²) in [5.74, 6) is 0. The largest absolute Gasteiger partial charge is 0.394 e. The van der Waals surface area contributed by atoms with E-state index in [9.17, 15) is 0 Å². The lowest BCUT2D eigenvalue weighted by atomic mass is 10.1. The molecule has 0 radical (unpaired) electrons. The third kappa shape index (κ3) is 4.04. The van der Waals surface area contributed by atoms with Crippen molar-refractivity contribution in [3.63, 3.8) is 0 Å². The number of hydrogen-bond donors (Lipinski definition) is 2. The minimum absolute atomic E-state index is 0.135. The van der Waals surface area contributed by atoms with Crippen molar-refractivity contribution in [3.05, 3.63) is 0 Å². The van der Waals surface area contributed by atoms with Crippen LogP contribution in [-0.2, 0) is 9.47 Å². The van der Waals surface area contributed by atoms with Gasteiger partial charge in [0.2, 0.25) is 0 Å². The van der Waals surface area contributed by atoms with Gasteiger partial charge < -0.3 is 19.9 Å². The Balaban J connectivity index is 2.17. The Bertz CT molecular complexity index is 144. The van der Waals surface area contributed by atoms with E-state index >= 15 is 0 Å². The summed E-state index contributed by atoms with van der Waals surface area (Å²) in [6, 6.07) is 0. The Hall–Kier alpha value is -0.160. The average Bonchev–Trinajstić information content (AvgIpc) is 2.17. The maximum absolute atomic E-state index is 9.00. The van der Waals surface area contributed by atoms with E-state index in [-0.39, 0.29) is 18.2 Å². The summed E-state index contributed by atoms with van der Waals surface area (Å²) in [6.07, 6.45) is 1.15. The predicted molar refractivity (Wildman–Crippen MR) is 49.5 cm³/mol. The van der Waals surface area contributed by atoms with Crippen molar-refractivity contribution < 1.29 is 14.6 Å². The van der Waals surface area contributed by atoms with Crippen LogP contribution in [0.25, 0.3) is 0 Å². The van der Waals surface area contributed by atoms with Crippen molar-refractivity contribution in [1.29, 1.82) is 0 Å². The number of aliphatic hydroxyl groups excluding tert-OH is 1. The molecule has 1 aliphatic heterocycles. The fourth-order valence-corrected chi connectivity index (χ4v) is 1.11. The van der Waals surface area contributed by atoms with Gasteiger partial charge in [-0.2, -0.15) is 0 Å². The van der Waals surface area contributed by atoms with Crippen LogP contribution in [-0.4, -0.2) is 43.3 Å². The fraction of sp³-hybridized carbons (Fsp3) is 1.00. The first-order valence-corrected chi connectivity index (χ1v) is 4.69. The normalized spacial score (nSPS) is 24.7. The second-order valence-corrected chi connectivity index (χ2v) is 4.03. The molecule has 0 aliphatic carbocycles. The van der Waals surface area contributed by atoms with Crippen molar-refractivity contribution in [2.45, 2.75) is 31.9 Å². The molecule has 0 aromatic rings. The summed E-state index contributed by atoms with van der Waals surface area (Å²) in [5, 5.41) is 12.2. The van der Waals surface area contributed by atoms with Crippen LogP contribution in [0, 0.1) is 0 Å². The summed E-state index contributed by atoms with van der Waals surface area (Å²) in [4.78, 5) is 0. The topological polar surface area (TPSA) is 50.7 Å². The van der Waals surface area contributed by atoms with E-state index in [4.69, 9.17) is 14.6 Å². The van der Waals surface area contributed by atoms with Crippen LogP contribution in [0.5, 0.6) is 0 Å². The van der Waals surface area contributed by atoms with Crippen LogP contribution >= 0.6 is 0 Å². The number of aliphatic hydroxyl groups is 1. The highest BCUT2D eigenvalue weighted by Gasteiger charge is 2.19. The molecule has 2 N–H and O–H groups in total. The first kappa shape index (κ1) is 10.9. The monoisotopic (exact) mass is 189 g/mol.